The molecule has 3 heterocycles. The van der Waals surface area contributed by atoms with Crippen LogP contribution in [0.15, 0.2) is 146 Å². The Labute approximate surface area is 264 Å². The highest BCUT2D eigenvalue weighted by Crippen LogP contribution is 2.43. The third-order valence-corrected chi connectivity index (χ3v) is 10.0. The van der Waals surface area contributed by atoms with E-state index in [-0.39, 0.29) is 0 Å². The van der Waals surface area contributed by atoms with E-state index in [1.165, 1.54) is 31.1 Å². The first kappa shape index (κ1) is 26.0. The number of benzene rings is 5. The first-order valence-corrected chi connectivity index (χ1v) is 16.1. The molecule has 8 aromatic rings. The summed E-state index contributed by atoms with van der Waals surface area (Å²) < 4.78 is 2.56. The van der Waals surface area contributed by atoms with E-state index < -0.39 is 0 Å². The first-order valence-electron chi connectivity index (χ1n) is 15.3. The van der Waals surface area contributed by atoms with E-state index in [4.69, 9.17) is 15.0 Å². The maximum Gasteiger partial charge on any atom is 0.160 e. The van der Waals surface area contributed by atoms with Crippen LogP contribution in [0.2, 0.25) is 0 Å². The zero-order valence-electron chi connectivity index (χ0n) is 24.4. The van der Waals surface area contributed by atoms with Gasteiger partial charge in [-0.05, 0) is 35.8 Å². The van der Waals surface area contributed by atoms with E-state index in [2.05, 4.69) is 140 Å². The third kappa shape index (κ3) is 4.45. The SMILES string of the molecule is C1=CC(c2ccccc2)CC=C1c1nc(-c2ccc(-c3nc4ccccc4c4sc5ccccc5c34)cc2)nc2ccccc12. The molecule has 0 bridgehead atoms. The molecule has 212 valence electrons. The van der Waals surface area contributed by atoms with Gasteiger partial charge < -0.3 is 0 Å². The van der Waals surface area contributed by atoms with Crippen molar-refractivity contribution in [1.29, 1.82) is 0 Å². The minimum absolute atomic E-state index is 0.380. The molecule has 3 aromatic heterocycles. The Balaban J connectivity index is 1.13. The Morgan fingerprint density at radius 3 is 2.00 bits per heavy atom. The number of thiophene rings is 1. The summed E-state index contributed by atoms with van der Waals surface area (Å²) >= 11 is 1.84. The summed E-state index contributed by atoms with van der Waals surface area (Å²) in [5.74, 6) is 1.11. The largest absolute Gasteiger partial charge is 0.247 e. The van der Waals surface area contributed by atoms with Crippen LogP contribution in [0.5, 0.6) is 0 Å². The number of nitrogens with zero attached hydrogens (tertiary/aromatic N) is 3. The fourth-order valence-corrected chi connectivity index (χ4v) is 7.80. The fraction of sp³-hybridized carbons (Fsp3) is 0.0488. The molecular formula is C41H27N3S. The van der Waals surface area contributed by atoms with Crippen molar-refractivity contribution in [2.45, 2.75) is 12.3 Å². The quantitative estimate of drug-likeness (QED) is 0.204. The van der Waals surface area contributed by atoms with Crippen LogP contribution in [0.3, 0.4) is 0 Å². The van der Waals surface area contributed by atoms with Gasteiger partial charge in [-0.2, -0.15) is 0 Å². The van der Waals surface area contributed by atoms with Crippen LogP contribution in [0.4, 0.5) is 0 Å². The number of allylic oxidation sites excluding steroid dienone is 4. The summed E-state index contributed by atoms with van der Waals surface area (Å²) in [6.45, 7) is 0. The van der Waals surface area contributed by atoms with Crippen molar-refractivity contribution in [3.05, 3.63) is 157 Å². The summed E-state index contributed by atoms with van der Waals surface area (Å²) in [7, 11) is 0. The molecule has 1 atom stereocenters. The molecule has 1 aliphatic carbocycles. The predicted octanol–water partition coefficient (Wildman–Crippen LogP) is 11.0. The highest BCUT2D eigenvalue weighted by molar-refractivity contribution is 7.26. The molecule has 1 aliphatic rings. The number of hydrogen-bond donors (Lipinski definition) is 0. The number of fused-ring (bicyclic) bond motifs is 6. The van der Waals surface area contributed by atoms with Gasteiger partial charge in [-0.25, -0.2) is 15.0 Å². The van der Waals surface area contributed by atoms with Gasteiger partial charge in [-0.1, -0.05) is 127 Å². The highest BCUT2D eigenvalue weighted by atomic mass is 32.1. The summed E-state index contributed by atoms with van der Waals surface area (Å²) in [5, 5.41) is 4.74. The molecule has 45 heavy (non-hydrogen) atoms. The summed E-state index contributed by atoms with van der Waals surface area (Å²) in [5.41, 5.74) is 8.51. The molecule has 1 unspecified atom stereocenters. The third-order valence-electron chi connectivity index (χ3n) is 8.83. The van der Waals surface area contributed by atoms with Crippen LogP contribution in [-0.4, -0.2) is 15.0 Å². The zero-order valence-corrected chi connectivity index (χ0v) is 25.2. The van der Waals surface area contributed by atoms with Crippen LogP contribution < -0.4 is 0 Å². The van der Waals surface area contributed by atoms with Crippen molar-refractivity contribution >= 4 is 58.9 Å². The molecular weight excluding hydrogens is 567 g/mol. The van der Waals surface area contributed by atoms with E-state index in [9.17, 15) is 0 Å². The minimum Gasteiger partial charge on any atom is -0.247 e. The Bertz CT molecular complexity index is 2450. The molecule has 0 fully saturated rings. The Morgan fingerprint density at radius 1 is 0.556 bits per heavy atom. The van der Waals surface area contributed by atoms with Crippen LogP contribution in [0.1, 0.15) is 23.6 Å². The van der Waals surface area contributed by atoms with E-state index in [0.717, 1.165) is 56.8 Å². The summed E-state index contributed by atoms with van der Waals surface area (Å²) in [6, 6.07) is 44.7. The summed E-state index contributed by atoms with van der Waals surface area (Å²) in [6.07, 6.45) is 7.80. The van der Waals surface area contributed by atoms with Gasteiger partial charge in [-0.15, -0.1) is 11.3 Å². The van der Waals surface area contributed by atoms with Gasteiger partial charge in [0.1, 0.15) is 0 Å². The van der Waals surface area contributed by atoms with Crippen LogP contribution in [0.25, 0.3) is 70.2 Å². The van der Waals surface area contributed by atoms with Crippen molar-refractivity contribution in [3.8, 4) is 22.6 Å². The lowest BCUT2D eigenvalue weighted by Gasteiger charge is -2.18. The second-order valence-electron chi connectivity index (χ2n) is 11.5. The van der Waals surface area contributed by atoms with Gasteiger partial charge in [0.15, 0.2) is 5.82 Å². The van der Waals surface area contributed by atoms with Crippen molar-refractivity contribution in [1.82, 2.24) is 15.0 Å². The van der Waals surface area contributed by atoms with E-state index >= 15 is 0 Å². The average molecular weight is 594 g/mol. The molecule has 4 heteroatoms. The van der Waals surface area contributed by atoms with E-state index in [1.54, 1.807) is 0 Å². The zero-order chi connectivity index (χ0) is 29.7. The van der Waals surface area contributed by atoms with Crippen molar-refractivity contribution in [2.75, 3.05) is 0 Å². The molecule has 0 aliphatic heterocycles. The second-order valence-corrected chi connectivity index (χ2v) is 12.6. The van der Waals surface area contributed by atoms with Gasteiger partial charge in [-0.3, -0.25) is 0 Å². The monoisotopic (exact) mass is 593 g/mol. The minimum atomic E-state index is 0.380. The molecule has 3 nitrogen and oxygen atoms in total. The molecule has 0 radical (unpaired) electrons. The van der Waals surface area contributed by atoms with Gasteiger partial charge in [0.25, 0.3) is 0 Å². The van der Waals surface area contributed by atoms with Crippen LogP contribution >= 0.6 is 11.3 Å². The molecule has 0 saturated carbocycles. The normalized spacial score (nSPS) is 14.8. The molecule has 0 spiro atoms. The summed E-state index contributed by atoms with van der Waals surface area (Å²) in [4.78, 5) is 15.4. The fourth-order valence-electron chi connectivity index (χ4n) is 6.56. The molecule has 0 saturated heterocycles. The number of hydrogen-bond acceptors (Lipinski definition) is 4. The lowest BCUT2D eigenvalue weighted by molar-refractivity contribution is 0.856. The van der Waals surface area contributed by atoms with Gasteiger partial charge >= 0.3 is 0 Å². The topological polar surface area (TPSA) is 38.7 Å². The maximum absolute atomic E-state index is 5.20. The van der Waals surface area contributed by atoms with E-state index in [0.29, 0.717) is 5.92 Å². The average Bonchev–Trinajstić information content (AvgIpc) is 3.52. The van der Waals surface area contributed by atoms with Crippen molar-refractivity contribution < 1.29 is 0 Å². The van der Waals surface area contributed by atoms with Gasteiger partial charge in [0.2, 0.25) is 0 Å². The molecule has 9 rings (SSSR count). The standard InChI is InChI=1S/C41H27N3S/c1-2-10-26(11-3-1)27-18-20-28(21-19-27)38-31-12-4-7-15-34(31)43-41(44-38)30-24-22-29(23-25-30)39-37-33-14-6-9-17-36(33)45-40(37)32-13-5-8-16-35(32)42-39/h1-18,20-25,27H,19H2. The first-order chi connectivity index (χ1) is 22.3. The van der Waals surface area contributed by atoms with Gasteiger partial charge in [0, 0.05) is 48.0 Å². The van der Waals surface area contributed by atoms with E-state index in [1.807, 2.05) is 17.4 Å². The molecule has 5 aromatic carbocycles. The Hall–Kier alpha value is -5.45. The lowest BCUT2D eigenvalue weighted by Crippen LogP contribution is -2.02. The maximum atomic E-state index is 5.20. The highest BCUT2D eigenvalue weighted by Gasteiger charge is 2.18. The van der Waals surface area contributed by atoms with Crippen LogP contribution in [-0.2, 0) is 0 Å². The Kier molecular flexibility index (Phi) is 6.13. The smallest absolute Gasteiger partial charge is 0.160 e. The van der Waals surface area contributed by atoms with Gasteiger partial charge in [0.05, 0.1) is 22.4 Å². The number of aromatic nitrogens is 3. The lowest BCUT2D eigenvalue weighted by atomic mass is 9.89. The number of rotatable bonds is 4. The second kappa shape index (κ2) is 10.6. The molecule has 0 N–H and O–H groups in total. The van der Waals surface area contributed by atoms with Crippen LogP contribution in [0, 0.1) is 0 Å². The van der Waals surface area contributed by atoms with Crippen molar-refractivity contribution in [2.24, 2.45) is 0 Å². The van der Waals surface area contributed by atoms with Crippen molar-refractivity contribution in [3.63, 3.8) is 0 Å². The Morgan fingerprint density at radius 2 is 1.22 bits per heavy atom. The molecule has 0 amide bonds. The number of para-hydroxylation sites is 2. The predicted molar refractivity (Wildman–Crippen MR) is 190 cm³/mol. The number of pyridine rings is 1.